The second-order valence-electron chi connectivity index (χ2n) is 3.46. The average molecular weight is 239 g/mol. The summed E-state index contributed by atoms with van der Waals surface area (Å²) >= 11 is 1.40. The SMILES string of the molecule is CNC(Cc1nnn(C)n1)c1snnc1C. The van der Waals surface area contributed by atoms with Crippen LogP contribution in [0.1, 0.15) is 22.4 Å². The van der Waals surface area contributed by atoms with Gasteiger partial charge in [0.2, 0.25) is 0 Å². The first kappa shape index (κ1) is 11.1. The summed E-state index contributed by atoms with van der Waals surface area (Å²) in [6.07, 6.45) is 0.690. The van der Waals surface area contributed by atoms with Crippen LogP contribution in [0.3, 0.4) is 0 Å². The molecule has 16 heavy (non-hydrogen) atoms. The van der Waals surface area contributed by atoms with E-state index in [1.165, 1.54) is 16.3 Å². The second kappa shape index (κ2) is 4.62. The van der Waals surface area contributed by atoms with Crippen molar-refractivity contribution in [3.8, 4) is 0 Å². The third-order valence-electron chi connectivity index (χ3n) is 2.29. The Labute approximate surface area is 97.0 Å². The fourth-order valence-corrected chi connectivity index (χ4v) is 2.22. The van der Waals surface area contributed by atoms with Crippen molar-refractivity contribution in [2.75, 3.05) is 7.05 Å². The number of hydrogen-bond donors (Lipinski definition) is 1. The molecule has 2 aromatic rings. The Bertz CT molecular complexity index is 462. The number of aromatic nitrogens is 6. The van der Waals surface area contributed by atoms with Gasteiger partial charge in [-0.1, -0.05) is 4.49 Å². The van der Waals surface area contributed by atoms with Crippen LogP contribution < -0.4 is 5.32 Å². The molecule has 2 heterocycles. The molecule has 1 unspecified atom stereocenters. The number of aryl methyl sites for hydroxylation is 2. The molecule has 0 aliphatic rings. The van der Waals surface area contributed by atoms with Crippen molar-refractivity contribution in [3.63, 3.8) is 0 Å². The van der Waals surface area contributed by atoms with Gasteiger partial charge in [0.05, 0.1) is 23.7 Å². The minimum atomic E-state index is 0.143. The standard InChI is InChI=1S/C8H13N7S/c1-5-8(16-14-10-5)6(9-2)4-7-11-13-15(3)12-7/h6,9H,4H2,1-3H3. The van der Waals surface area contributed by atoms with E-state index in [2.05, 4.69) is 30.3 Å². The molecule has 2 rings (SSSR count). The summed E-state index contributed by atoms with van der Waals surface area (Å²) in [7, 11) is 3.66. The van der Waals surface area contributed by atoms with E-state index in [-0.39, 0.29) is 6.04 Å². The smallest absolute Gasteiger partial charge is 0.176 e. The molecule has 8 heteroatoms. The zero-order valence-corrected chi connectivity index (χ0v) is 10.2. The minimum Gasteiger partial charge on any atom is -0.312 e. The number of hydrogen-bond acceptors (Lipinski definition) is 7. The molecule has 0 aliphatic heterocycles. The summed E-state index contributed by atoms with van der Waals surface area (Å²) in [5.41, 5.74) is 0.952. The molecule has 0 saturated carbocycles. The van der Waals surface area contributed by atoms with E-state index >= 15 is 0 Å². The van der Waals surface area contributed by atoms with Crippen LogP contribution in [0.4, 0.5) is 0 Å². The zero-order chi connectivity index (χ0) is 11.5. The topological polar surface area (TPSA) is 81.4 Å². The van der Waals surface area contributed by atoms with Gasteiger partial charge in [-0.15, -0.1) is 15.3 Å². The number of nitrogens with one attached hydrogen (secondary N) is 1. The molecule has 86 valence electrons. The van der Waals surface area contributed by atoms with Crippen molar-refractivity contribution >= 4 is 11.5 Å². The maximum Gasteiger partial charge on any atom is 0.176 e. The molecule has 2 aromatic heterocycles. The molecule has 1 atom stereocenters. The van der Waals surface area contributed by atoms with Crippen molar-refractivity contribution in [2.24, 2.45) is 7.05 Å². The largest absolute Gasteiger partial charge is 0.312 e. The molecule has 0 bridgehead atoms. The summed E-state index contributed by atoms with van der Waals surface area (Å²) in [5, 5.41) is 19.1. The van der Waals surface area contributed by atoms with Gasteiger partial charge in [-0.05, 0) is 30.7 Å². The fraction of sp³-hybridized carbons (Fsp3) is 0.625. The summed E-state index contributed by atoms with van der Waals surface area (Å²) in [4.78, 5) is 2.58. The van der Waals surface area contributed by atoms with Gasteiger partial charge in [-0.3, -0.25) is 0 Å². The van der Waals surface area contributed by atoms with Gasteiger partial charge in [0.15, 0.2) is 5.82 Å². The van der Waals surface area contributed by atoms with E-state index in [1.54, 1.807) is 7.05 Å². The summed E-state index contributed by atoms with van der Waals surface area (Å²) in [5.74, 6) is 0.717. The Morgan fingerprint density at radius 2 is 2.25 bits per heavy atom. The monoisotopic (exact) mass is 239 g/mol. The quantitative estimate of drug-likeness (QED) is 0.800. The third-order valence-corrected chi connectivity index (χ3v) is 3.23. The lowest BCUT2D eigenvalue weighted by atomic mass is 10.1. The van der Waals surface area contributed by atoms with Crippen LogP contribution in [0.5, 0.6) is 0 Å². The number of likely N-dealkylation sites (N-methyl/N-ethyl adjacent to an activating group) is 1. The lowest BCUT2D eigenvalue weighted by Gasteiger charge is -2.11. The van der Waals surface area contributed by atoms with Crippen molar-refractivity contribution in [2.45, 2.75) is 19.4 Å². The van der Waals surface area contributed by atoms with E-state index in [4.69, 9.17) is 0 Å². The minimum absolute atomic E-state index is 0.143. The molecule has 7 nitrogen and oxygen atoms in total. The highest BCUT2D eigenvalue weighted by Crippen LogP contribution is 2.21. The summed E-state index contributed by atoms with van der Waals surface area (Å²) in [6, 6.07) is 0.143. The van der Waals surface area contributed by atoms with Crippen molar-refractivity contribution < 1.29 is 0 Å². The first-order chi connectivity index (χ1) is 7.70. The van der Waals surface area contributed by atoms with Crippen LogP contribution in [0, 0.1) is 6.92 Å². The van der Waals surface area contributed by atoms with Crippen molar-refractivity contribution in [1.29, 1.82) is 0 Å². The van der Waals surface area contributed by atoms with Crippen LogP contribution >= 0.6 is 11.5 Å². The second-order valence-corrected chi connectivity index (χ2v) is 4.25. The van der Waals surface area contributed by atoms with Gasteiger partial charge in [0, 0.05) is 6.42 Å². The molecule has 0 saturated heterocycles. The molecular formula is C8H13N7S. The highest BCUT2D eigenvalue weighted by atomic mass is 32.1. The number of rotatable bonds is 4. The Kier molecular flexibility index (Phi) is 3.20. The van der Waals surface area contributed by atoms with Crippen LogP contribution in [0.25, 0.3) is 0 Å². The van der Waals surface area contributed by atoms with Gasteiger partial charge in [0.1, 0.15) is 0 Å². The Balaban J connectivity index is 2.15. The van der Waals surface area contributed by atoms with E-state index in [9.17, 15) is 0 Å². The predicted octanol–water partition coefficient (Wildman–Crippen LogP) is -0.127. The Morgan fingerprint density at radius 3 is 2.75 bits per heavy atom. The normalized spacial score (nSPS) is 12.9. The van der Waals surface area contributed by atoms with E-state index in [0.29, 0.717) is 6.42 Å². The maximum absolute atomic E-state index is 4.16. The zero-order valence-electron chi connectivity index (χ0n) is 9.38. The molecular weight excluding hydrogens is 226 g/mol. The predicted molar refractivity (Wildman–Crippen MR) is 58.9 cm³/mol. The van der Waals surface area contributed by atoms with Gasteiger partial charge < -0.3 is 5.32 Å². The fourth-order valence-electron chi connectivity index (χ4n) is 1.47. The van der Waals surface area contributed by atoms with Gasteiger partial charge >= 0.3 is 0 Å². The van der Waals surface area contributed by atoms with E-state index < -0.39 is 0 Å². The molecule has 0 fully saturated rings. The molecule has 0 radical (unpaired) electrons. The van der Waals surface area contributed by atoms with Crippen molar-refractivity contribution in [3.05, 3.63) is 16.4 Å². The lowest BCUT2D eigenvalue weighted by molar-refractivity contribution is 0.575. The van der Waals surface area contributed by atoms with E-state index in [1.807, 2.05) is 14.0 Å². The van der Waals surface area contributed by atoms with Crippen molar-refractivity contribution in [1.82, 2.24) is 35.1 Å². The summed E-state index contributed by atoms with van der Waals surface area (Å²) < 4.78 is 3.93. The van der Waals surface area contributed by atoms with Gasteiger partial charge in [-0.2, -0.15) is 4.80 Å². The Morgan fingerprint density at radius 1 is 1.44 bits per heavy atom. The molecule has 0 amide bonds. The molecule has 0 aromatic carbocycles. The first-order valence-corrected chi connectivity index (χ1v) is 5.67. The average Bonchev–Trinajstić information content (AvgIpc) is 2.84. The molecule has 1 N–H and O–H groups in total. The van der Waals surface area contributed by atoms with Crippen LogP contribution in [0.2, 0.25) is 0 Å². The van der Waals surface area contributed by atoms with Gasteiger partial charge in [-0.25, -0.2) is 0 Å². The molecule has 0 spiro atoms. The lowest BCUT2D eigenvalue weighted by Crippen LogP contribution is -2.19. The van der Waals surface area contributed by atoms with Crippen LogP contribution in [-0.2, 0) is 13.5 Å². The highest BCUT2D eigenvalue weighted by Gasteiger charge is 2.18. The van der Waals surface area contributed by atoms with E-state index in [0.717, 1.165) is 16.4 Å². The highest BCUT2D eigenvalue weighted by molar-refractivity contribution is 7.05. The molecule has 0 aliphatic carbocycles. The third kappa shape index (κ3) is 2.22. The first-order valence-electron chi connectivity index (χ1n) is 4.89. The summed E-state index contributed by atoms with van der Waals surface area (Å²) in [6.45, 7) is 1.95. The van der Waals surface area contributed by atoms with Crippen LogP contribution in [0.15, 0.2) is 0 Å². The Hall–Kier alpha value is -1.41. The van der Waals surface area contributed by atoms with Gasteiger partial charge in [0.25, 0.3) is 0 Å². The number of tetrazole rings is 1. The number of nitrogens with zero attached hydrogens (tertiary/aromatic N) is 6. The van der Waals surface area contributed by atoms with Crippen LogP contribution in [-0.4, -0.2) is 36.8 Å². The maximum atomic E-state index is 4.16.